The lowest BCUT2D eigenvalue weighted by molar-refractivity contribution is -0.143. The number of halogens is 2. The average Bonchev–Trinajstić information content (AvgIpc) is 2.51. The molecule has 0 amide bonds. The molecule has 1 rings (SSSR count). The van der Waals surface area contributed by atoms with Crippen LogP contribution in [0.15, 0.2) is 11.4 Å². The van der Waals surface area contributed by atoms with Crippen molar-refractivity contribution in [2.45, 2.75) is 18.9 Å². The third kappa shape index (κ3) is 1.91. The first-order valence-corrected chi connectivity index (χ1v) is 4.63. The third-order valence-electron chi connectivity index (χ3n) is 1.88. The number of aliphatic carboxylic acids is 1. The second kappa shape index (κ2) is 3.62. The van der Waals surface area contributed by atoms with Gasteiger partial charge in [0.25, 0.3) is 6.43 Å². The van der Waals surface area contributed by atoms with Gasteiger partial charge in [0.1, 0.15) is 5.54 Å². The zero-order valence-corrected chi connectivity index (χ0v) is 8.15. The Bertz CT molecular complexity index is 349. The fourth-order valence-electron chi connectivity index (χ4n) is 0.863. The molecule has 6 heteroatoms. The highest BCUT2D eigenvalue weighted by molar-refractivity contribution is 7.10. The molecule has 0 saturated heterocycles. The average molecular weight is 221 g/mol. The summed E-state index contributed by atoms with van der Waals surface area (Å²) in [6.45, 7) is 1.27. The fourth-order valence-corrected chi connectivity index (χ4v) is 1.74. The predicted molar refractivity (Wildman–Crippen MR) is 48.5 cm³/mol. The first kappa shape index (κ1) is 11.1. The van der Waals surface area contributed by atoms with E-state index >= 15 is 0 Å². The molecule has 1 aromatic rings. The summed E-state index contributed by atoms with van der Waals surface area (Å²) in [5, 5.41) is 10.1. The van der Waals surface area contributed by atoms with Crippen LogP contribution in [0, 0.1) is 0 Å². The van der Waals surface area contributed by atoms with Crippen molar-refractivity contribution in [1.82, 2.24) is 0 Å². The minimum Gasteiger partial charge on any atom is -0.480 e. The molecule has 14 heavy (non-hydrogen) atoms. The number of thiophene rings is 1. The molecule has 0 saturated carbocycles. The van der Waals surface area contributed by atoms with E-state index in [0.29, 0.717) is 0 Å². The topological polar surface area (TPSA) is 63.3 Å². The van der Waals surface area contributed by atoms with Crippen molar-refractivity contribution in [2.75, 3.05) is 0 Å². The van der Waals surface area contributed by atoms with E-state index in [9.17, 15) is 13.6 Å². The molecule has 0 aliphatic heterocycles. The van der Waals surface area contributed by atoms with Crippen LogP contribution < -0.4 is 5.73 Å². The van der Waals surface area contributed by atoms with Crippen LogP contribution in [0.4, 0.5) is 8.78 Å². The molecule has 0 bridgehead atoms. The molecule has 1 heterocycles. The van der Waals surface area contributed by atoms with Crippen molar-refractivity contribution in [3.05, 3.63) is 21.9 Å². The summed E-state index contributed by atoms with van der Waals surface area (Å²) in [7, 11) is 0. The van der Waals surface area contributed by atoms with Gasteiger partial charge in [-0.25, -0.2) is 13.6 Å². The summed E-state index contributed by atoms with van der Waals surface area (Å²) in [6, 6.07) is 1.13. The van der Waals surface area contributed by atoms with E-state index in [1.54, 1.807) is 0 Å². The Labute approximate surface area is 83.2 Å². The van der Waals surface area contributed by atoms with Crippen LogP contribution in [-0.2, 0) is 10.3 Å². The number of nitrogens with two attached hydrogens (primary N) is 1. The number of alkyl halides is 2. The lowest BCUT2D eigenvalue weighted by Crippen LogP contribution is -2.41. The van der Waals surface area contributed by atoms with Gasteiger partial charge in [-0.1, -0.05) is 0 Å². The molecule has 1 atom stereocenters. The lowest BCUT2D eigenvalue weighted by Gasteiger charge is -2.17. The molecule has 0 radical (unpaired) electrons. The predicted octanol–water partition coefficient (Wildman–Crippen LogP) is 1.94. The minimum atomic E-state index is -2.58. The number of hydrogen-bond donors (Lipinski definition) is 2. The Morgan fingerprint density at radius 3 is 2.64 bits per heavy atom. The van der Waals surface area contributed by atoms with E-state index in [1.165, 1.54) is 12.3 Å². The van der Waals surface area contributed by atoms with Gasteiger partial charge in [0.15, 0.2) is 0 Å². The van der Waals surface area contributed by atoms with Crippen LogP contribution in [0.2, 0.25) is 0 Å². The van der Waals surface area contributed by atoms with Gasteiger partial charge < -0.3 is 10.8 Å². The Balaban J connectivity index is 3.03. The highest BCUT2D eigenvalue weighted by Gasteiger charge is 2.31. The summed E-state index contributed by atoms with van der Waals surface area (Å²) in [4.78, 5) is 10.5. The van der Waals surface area contributed by atoms with E-state index in [0.717, 1.165) is 17.4 Å². The van der Waals surface area contributed by atoms with Gasteiger partial charge >= 0.3 is 5.97 Å². The molecular formula is C8H9F2NO2S. The molecular weight excluding hydrogens is 212 g/mol. The van der Waals surface area contributed by atoms with Crippen LogP contribution in [0.5, 0.6) is 0 Å². The summed E-state index contributed by atoms with van der Waals surface area (Å²) in [6.07, 6.45) is -2.58. The largest absolute Gasteiger partial charge is 0.480 e. The van der Waals surface area contributed by atoms with Crippen molar-refractivity contribution < 1.29 is 18.7 Å². The Hall–Kier alpha value is -1.01. The SMILES string of the molecule is CC(N)(C(=O)O)c1csc(C(F)F)c1. The highest BCUT2D eigenvalue weighted by atomic mass is 32.1. The van der Waals surface area contributed by atoms with E-state index < -0.39 is 17.9 Å². The molecule has 78 valence electrons. The van der Waals surface area contributed by atoms with E-state index in [-0.39, 0.29) is 10.4 Å². The first-order valence-electron chi connectivity index (χ1n) is 3.75. The quantitative estimate of drug-likeness (QED) is 0.819. The Morgan fingerprint density at radius 1 is 1.71 bits per heavy atom. The van der Waals surface area contributed by atoms with Crippen molar-refractivity contribution in [3.8, 4) is 0 Å². The second-order valence-electron chi connectivity index (χ2n) is 3.05. The second-order valence-corrected chi connectivity index (χ2v) is 3.99. The fraction of sp³-hybridized carbons (Fsp3) is 0.375. The first-order chi connectivity index (χ1) is 6.35. The van der Waals surface area contributed by atoms with Gasteiger partial charge in [0.05, 0.1) is 4.88 Å². The molecule has 0 spiro atoms. The number of carboxylic acid groups (broad SMARTS) is 1. The van der Waals surface area contributed by atoms with Gasteiger partial charge in [0, 0.05) is 0 Å². The van der Waals surface area contributed by atoms with Gasteiger partial charge in [-0.05, 0) is 23.9 Å². The monoisotopic (exact) mass is 221 g/mol. The van der Waals surface area contributed by atoms with Gasteiger partial charge in [0.2, 0.25) is 0 Å². The van der Waals surface area contributed by atoms with Gasteiger partial charge in [-0.3, -0.25) is 0 Å². The maximum Gasteiger partial charge on any atom is 0.328 e. The normalized spacial score (nSPS) is 15.5. The minimum absolute atomic E-state index is 0.169. The van der Waals surface area contributed by atoms with Crippen molar-refractivity contribution in [1.29, 1.82) is 0 Å². The van der Waals surface area contributed by atoms with E-state index in [1.807, 2.05) is 0 Å². The van der Waals surface area contributed by atoms with Crippen molar-refractivity contribution in [3.63, 3.8) is 0 Å². The van der Waals surface area contributed by atoms with Crippen LogP contribution in [0.1, 0.15) is 23.8 Å². The standard InChI is InChI=1S/C8H9F2NO2S/c1-8(11,7(12)13)4-2-5(6(9)10)14-3-4/h2-3,6H,11H2,1H3,(H,12,13). The zero-order chi connectivity index (χ0) is 10.9. The molecule has 1 unspecified atom stereocenters. The molecule has 0 aromatic carbocycles. The molecule has 3 N–H and O–H groups in total. The molecule has 1 aromatic heterocycles. The van der Waals surface area contributed by atoms with Crippen molar-refractivity contribution in [2.24, 2.45) is 5.73 Å². The maximum absolute atomic E-state index is 12.2. The third-order valence-corrected chi connectivity index (χ3v) is 2.82. The molecule has 0 aliphatic rings. The van der Waals surface area contributed by atoms with Crippen LogP contribution in [0.3, 0.4) is 0 Å². The molecule has 3 nitrogen and oxygen atoms in total. The molecule has 0 aliphatic carbocycles. The molecule has 0 fully saturated rings. The smallest absolute Gasteiger partial charge is 0.328 e. The van der Waals surface area contributed by atoms with E-state index in [2.05, 4.69) is 0 Å². The lowest BCUT2D eigenvalue weighted by atomic mass is 9.96. The number of hydrogen-bond acceptors (Lipinski definition) is 3. The maximum atomic E-state index is 12.2. The Morgan fingerprint density at radius 2 is 2.29 bits per heavy atom. The number of carboxylic acids is 1. The van der Waals surface area contributed by atoms with Gasteiger partial charge in [-0.15, -0.1) is 11.3 Å². The number of rotatable bonds is 3. The van der Waals surface area contributed by atoms with Crippen LogP contribution >= 0.6 is 11.3 Å². The highest BCUT2D eigenvalue weighted by Crippen LogP contribution is 2.30. The zero-order valence-electron chi connectivity index (χ0n) is 7.33. The Kier molecular flexibility index (Phi) is 2.86. The van der Waals surface area contributed by atoms with Crippen molar-refractivity contribution >= 4 is 17.3 Å². The summed E-state index contributed by atoms with van der Waals surface area (Å²) in [5.74, 6) is -1.24. The van der Waals surface area contributed by atoms with Crippen LogP contribution in [0.25, 0.3) is 0 Å². The van der Waals surface area contributed by atoms with Gasteiger partial charge in [-0.2, -0.15) is 0 Å². The summed E-state index contributed by atoms with van der Waals surface area (Å²) < 4.78 is 24.4. The summed E-state index contributed by atoms with van der Waals surface area (Å²) >= 11 is 0.809. The summed E-state index contributed by atoms with van der Waals surface area (Å²) in [5.41, 5.74) is 4.05. The van der Waals surface area contributed by atoms with E-state index in [4.69, 9.17) is 10.8 Å². The van der Waals surface area contributed by atoms with Crippen LogP contribution in [-0.4, -0.2) is 11.1 Å². The number of carbonyl (C=O) groups is 1.